The van der Waals surface area contributed by atoms with E-state index in [1.165, 1.54) is 62.5 Å². The minimum atomic E-state index is -1.89. The van der Waals surface area contributed by atoms with Gasteiger partial charge in [0.15, 0.2) is 0 Å². The number of carbonyl (C=O) groups excluding carboxylic acids is 17. The summed E-state index contributed by atoms with van der Waals surface area (Å²) in [6, 6.07) is -6.61. The fraction of sp³-hybridized carbons (Fsp3) is 0.571. The lowest BCUT2D eigenvalue weighted by atomic mass is 9.99. The summed E-state index contributed by atoms with van der Waals surface area (Å²) in [6.45, 7) is 14.4. The van der Waals surface area contributed by atoms with Crippen molar-refractivity contribution in [2.24, 2.45) is 50.9 Å². The molecule has 1 fully saturated rings. The third-order valence-corrected chi connectivity index (χ3v) is 19.1. The van der Waals surface area contributed by atoms with Gasteiger partial charge >= 0.3 is 0 Å². The van der Waals surface area contributed by atoms with Gasteiger partial charge in [-0.05, 0) is 106 Å². The summed E-state index contributed by atoms with van der Waals surface area (Å²) in [4.78, 5) is 244. The number of primary amides is 2. The lowest BCUT2D eigenvalue weighted by Gasteiger charge is -2.28. The minimum Gasteiger partial charge on any atom is -0.508 e. The molecular weight excluding hydrogens is 1540 g/mol. The number of hydrogen-bond acceptors (Lipinski definition) is 23. The van der Waals surface area contributed by atoms with E-state index in [1.54, 1.807) is 85.9 Å². The molecule has 17 amide bonds. The Morgan fingerprint density at radius 3 is 1.58 bits per heavy atom. The highest BCUT2D eigenvalue weighted by atomic mass is 16.3. The zero-order valence-electron chi connectivity index (χ0n) is 68.1. The third kappa shape index (κ3) is 30.9. The smallest absolute Gasteiger partial charge is 0.245 e. The van der Waals surface area contributed by atoms with Crippen molar-refractivity contribution in [2.75, 3.05) is 32.8 Å². The molecule has 0 bridgehead atoms. The number of phenols is 1. The van der Waals surface area contributed by atoms with Crippen LogP contribution in [-0.4, -0.2) is 262 Å². The van der Waals surface area contributed by atoms with Crippen LogP contribution in [0.3, 0.4) is 0 Å². The van der Waals surface area contributed by atoms with Crippen molar-refractivity contribution in [2.45, 2.75) is 225 Å². The highest BCUT2D eigenvalue weighted by Crippen LogP contribution is 2.22. The van der Waals surface area contributed by atoms with E-state index >= 15 is 0 Å². The molecule has 0 spiro atoms. The number of H-pyrrole nitrogens is 1. The highest BCUT2D eigenvalue weighted by molar-refractivity contribution is 6.01. The molecule has 3 aromatic rings. The first-order valence-corrected chi connectivity index (χ1v) is 39.0. The van der Waals surface area contributed by atoms with Crippen molar-refractivity contribution in [3.63, 3.8) is 0 Å². The van der Waals surface area contributed by atoms with Gasteiger partial charge in [0.2, 0.25) is 100 Å². The Bertz CT molecular complexity index is 4120. The van der Waals surface area contributed by atoms with E-state index in [2.05, 4.69) is 89.4 Å². The molecule has 3 heterocycles. The number of amides is 17. The topological polar surface area (TPSA) is 641 Å². The van der Waals surface area contributed by atoms with Gasteiger partial charge in [-0.1, -0.05) is 85.7 Å². The van der Waals surface area contributed by atoms with E-state index in [0.717, 1.165) is 10.9 Å². The summed E-state index contributed by atoms with van der Waals surface area (Å²) in [7, 11) is 0. The Balaban J connectivity index is 1.20. The number of aliphatic hydroxyl groups excluding tert-OH is 2. The molecule has 1 unspecified atom stereocenters. The number of hydrogen-bond donors (Lipinski definition) is 21. The second kappa shape index (κ2) is 46.7. The van der Waals surface area contributed by atoms with Gasteiger partial charge in [0.25, 0.3) is 0 Å². The summed E-state index contributed by atoms with van der Waals surface area (Å²) in [6.07, 6.45) is 1.85. The predicted octanol–water partition coefficient (Wildman–Crippen LogP) is -5.90. The Kier molecular flexibility index (Phi) is 38.2. The number of aromatic hydroxyl groups is 1. The van der Waals surface area contributed by atoms with Gasteiger partial charge in [-0.2, -0.15) is 0 Å². The van der Waals surface area contributed by atoms with E-state index in [0.29, 0.717) is 17.5 Å². The molecule has 1 aromatic heterocycles. The summed E-state index contributed by atoms with van der Waals surface area (Å²) in [5.74, 6) is -16.9. The number of rotatable bonds is 47. The Labute approximate surface area is 682 Å². The summed E-state index contributed by atoms with van der Waals surface area (Å²) >= 11 is 0. The molecule has 24 N–H and O–H groups in total. The average molecular weight is 1650 g/mol. The first kappa shape index (κ1) is 96.6. The molecular formula is C77H115N21O20. The van der Waals surface area contributed by atoms with E-state index in [4.69, 9.17) is 17.2 Å². The van der Waals surface area contributed by atoms with Crippen LogP contribution in [0.4, 0.5) is 0 Å². The molecule has 5 rings (SSSR count). The molecule has 1 saturated heterocycles. The molecule has 648 valence electrons. The first-order valence-electron chi connectivity index (χ1n) is 39.0. The van der Waals surface area contributed by atoms with Crippen molar-refractivity contribution >= 4 is 124 Å². The molecule has 0 aliphatic carbocycles. The number of carbonyl (C=O) groups is 17. The van der Waals surface area contributed by atoms with Gasteiger partial charge < -0.3 is 117 Å². The monoisotopic (exact) mass is 1650 g/mol. The van der Waals surface area contributed by atoms with Crippen molar-refractivity contribution < 1.29 is 96.8 Å². The van der Waals surface area contributed by atoms with Crippen LogP contribution in [0, 0.1) is 23.7 Å². The molecule has 118 heavy (non-hydrogen) atoms. The van der Waals surface area contributed by atoms with Crippen LogP contribution < -0.4 is 91.6 Å². The van der Waals surface area contributed by atoms with Crippen molar-refractivity contribution in [3.05, 3.63) is 65.9 Å². The molecule has 2 aliphatic rings. The maximum Gasteiger partial charge on any atom is 0.245 e. The molecule has 0 radical (unpaired) electrons. The predicted molar refractivity (Wildman–Crippen MR) is 429 cm³/mol. The van der Waals surface area contributed by atoms with E-state index < -0.39 is 224 Å². The van der Waals surface area contributed by atoms with Crippen LogP contribution in [0.2, 0.25) is 0 Å². The highest BCUT2D eigenvalue weighted by Gasteiger charge is 2.41. The number of benzene rings is 2. The number of aliphatic imine (C=N–C) groups is 2. The number of aliphatic hydroxyl groups is 2. The second-order valence-electron chi connectivity index (χ2n) is 30.9. The van der Waals surface area contributed by atoms with Crippen molar-refractivity contribution in [3.8, 4) is 5.75 Å². The number of para-hydroxylation sites is 1. The van der Waals surface area contributed by atoms with Crippen LogP contribution in [0.1, 0.15) is 132 Å². The molecule has 41 nitrogen and oxygen atoms in total. The van der Waals surface area contributed by atoms with Crippen LogP contribution >= 0.6 is 0 Å². The van der Waals surface area contributed by atoms with Gasteiger partial charge in [0.05, 0.1) is 44.8 Å². The average Bonchev–Trinajstić information content (AvgIpc) is 1.66. The standard InChI is InChI=1S/C77H115N21O20/c1-37(2)23-50(68(109)84-34-62(105)98-22-14-17-58(98)76(117)93-55(28-46-32-81-36-85-46)69(110)87-42(10)67(108)96-63(40(7)8)65(80)106)90-70(111)51(24-38(3)4)91-72(113)53(26-44-18-20-47(101)21-19-44)89-61(104)33-83-66(107)41(9)86-75(116)57(35-99)95-73(114)56(29-59(79)102)92-71(112)52(25-39(5)6)94-77(118)64(43(11)100)97-74(115)54(88-60(103)30-78)27-45-31-82-49-16-13-12-15-48(45)49/h12-13,15-16,18-21,31-32,36-43,46,50-58,63-64,82,99-101H,14,17,22-30,33-35,78H2,1-11H3,(H2,79,102)(H2,80,106)(H,83,107)(H,84,109)(H,86,116)(H,87,110)(H,88,103)(H,89,104)(H,90,111)(H,91,113)(H,92,112)(H,93,117)(H,94,118)(H,95,114)(H,96,108)(H,97,115)/t41-,42-,43+,46?,50-,51-,52-,53-,54-,55-,56-,57-,58-,63-,64-/m0/s1. The number of fused-ring (bicyclic) bond motifs is 1. The van der Waals surface area contributed by atoms with Gasteiger partial charge in [-0.25, -0.2) is 4.99 Å². The molecule has 2 aliphatic heterocycles. The van der Waals surface area contributed by atoms with Crippen LogP contribution in [-0.2, 0) is 94.3 Å². The van der Waals surface area contributed by atoms with Crippen LogP contribution in [0.5, 0.6) is 5.75 Å². The molecule has 2 aromatic carbocycles. The second-order valence-corrected chi connectivity index (χ2v) is 30.9. The number of nitrogens with two attached hydrogens (primary N) is 3. The molecule has 41 heteroatoms. The number of nitrogens with one attached hydrogen (secondary N) is 15. The maximum atomic E-state index is 14.5. The summed E-state index contributed by atoms with van der Waals surface area (Å²) in [5.41, 5.74) is 18.2. The first-order chi connectivity index (χ1) is 55.6. The SMILES string of the molecule is CC(C)C[C@H](NC(=O)[C@H](CC(C)C)NC(=O)[C@H](Cc1ccc(O)cc1)NC(=O)CNC(=O)[C@H](C)NC(=O)[C@H](CO)NC(=O)[C@H](CC(N)=O)NC(=O)[C@H](CC(C)C)NC(=O)[C@@H](NC(=O)[C@H](Cc1c[nH]c2ccccc12)NC(=O)CN)[C@@H](C)O)C(=O)NCC(=O)N1CCC[C@H]1C(=O)N[C@@H](CC1C=NC=N1)C(=O)N[C@@H](C)C(=O)N[C@H](C(N)=O)C(C)C. The zero-order valence-corrected chi connectivity index (χ0v) is 68.1. The largest absolute Gasteiger partial charge is 0.508 e. The van der Waals surface area contributed by atoms with Crippen LogP contribution in [0.25, 0.3) is 10.9 Å². The number of aromatic nitrogens is 1. The van der Waals surface area contributed by atoms with Gasteiger partial charge in [-0.3, -0.25) is 86.5 Å². The third-order valence-electron chi connectivity index (χ3n) is 19.1. The normalized spacial score (nSPS) is 16.9. The van der Waals surface area contributed by atoms with E-state index in [-0.39, 0.29) is 80.9 Å². The number of phenolic OH excluding ortho intramolecular Hbond substituents is 1. The summed E-state index contributed by atoms with van der Waals surface area (Å²) < 4.78 is 0. The Morgan fingerprint density at radius 1 is 0.525 bits per heavy atom. The van der Waals surface area contributed by atoms with E-state index in [1.807, 2.05) is 0 Å². The Morgan fingerprint density at radius 2 is 1.03 bits per heavy atom. The molecule has 15 atom stereocenters. The number of likely N-dealkylation sites (tertiary alicyclic amines) is 1. The Hall–Kier alpha value is -12.0. The number of aromatic amines is 1. The number of nitrogens with zero attached hydrogens (tertiary/aromatic N) is 3. The maximum absolute atomic E-state index is 14.5. The van der Waals surface area contributed by atoms with Crippen LogP contribution in [0.15, 0.2) is 64.7 Å². The lowest BCUT2D eigenvalue weighted by molar-refractivity contribution is -0.140. The quantitative estimate of drug-likeness (QED) is 0.0250. The lowest BCUT2D eigenvalue weighted by Crippen LogP contribution is -2.62. The summed E-state index contributed by atoms with van der Waals surface area (Å²) in [5, 5.41) is 66.7. The fourth-order valence-electron chi connectivity index (χ4n) is 12.8. The minimum absolute atomic E-state index is 0.0156. The van der Waals surface area contributed by atoms with Gasteiger partial charge in [0, 0.05) is 49.1 Å². The van der Waals surface area contributed by atoms with Gasteiger partial charge in [-0.15, -0.1) is 0 Å². The fourth-order valence-corrected chi connectivity index (χ4v) is 12.8. The molecule has 0 saturated carbocycles. The van der Waals surface area contributed by atoms with E-state index in [9.17, 15) is 96.8 Å². The zero-order chi connectivity index (χ0) is 87.9. The van der Waals surface area contributed by atoms with Crippen molar-refractivity contribution in [1.29, 1.82) is 0 Å². The van der Waals surface area contributed by atoms with Crippen molar-refractivity contribution in [1.82, 2.24) is 84.3 Å². The van der Waals surface area contributed by atoms with Gasteiger partial charge in [0.1, 0.15) is 90.6 Å².